The van der Waals surface area contributed by atoms with Crippen LogP contribution in [0.3, 0.4) is 0 Å². The van der Waals surface area contributed by atoms with Crippen molar-refractivity contribution in [2.24, 2.45) is 0 Å². The van der Waals surface area contributed by atoms with Gasteiger partial charge in [0.15, 0.2) is 12.6 Å². The normalized spacial score (nSPS) is 25.7. The van der Waals surface area contributed by atoms with Gasteiger partial charge >= 0.3 is 0 Å². The Hall–Kier alpha value is -3.35. The number of aliphatic hydroxyl groups is 8. The summed E-state index contributed by atoms with van der Waals surface area (Å²) < 4.78 is 22.7. The Morgan fingerprint density at radius 3 is 1.45 bits per heavy atom. The maximum absolute atomic E-state index is 13.2. The lowest BCUT2D eigenvalue weighted by Gasteiger charge is -2.46. The fourth-order valence-electron chi connectivity index (χ4n) is 8.74. The number of rotatable bonds is 44. The van der Waals surface area contributed by atoms with Gasteiger partial charge in [-0.3, -0.25) is 4.79 Å². The number of carbonyl (C=O) groups is 1. The van der Waals surface area contributed by atoms with Crippen molar-refractivity contribution in [2.75, 3.05) is 19.8 Å². The molecule has 14 nitrogen and oxygen atoms in total. The van der Waals surface area contributed by atoms with Crippen LogP contribution < -0.4 is 5.32 Å². The van der Waals surface area contributed by atoms with Crippen LogP contribution in [0.4, 0.5) is 0 Å². The maximum atomic E-state index is 13.2. The number of nitrogens with one attached hydrogen (secondary N) is 1. The van der Waals surface area contributed by atoms with Crippen LogP contribution >= 0.6 is 0 Å². The van der Waals surface area contributed by atoms with E-state index in [2.05, 4.69) is 116 Å². The van der Waals surface area contributed by atoms with Crippen LogP contribution in [-0.4, -0.2) is 140 Å². The largest absolute Gasteiger partial charge is 0.394 e. The van der Waals surface area contributed by atoms with Gasteiger partial charge in [-0.25, -0.2) is 0 Å². The monoisotopic (exact) mass is 1070 g/mol. The van der Waals surface area contributed by atoms with Crippen molar-refractivity contribution in [1.29, 1.82) is 0 Å². The first-order valence-electron chi connectivity index (χ1n) is 29.1. The Kier molecular flexibility index (Phi) is 42.1. The molecule has 2 aliphatic heterocycles. The zero-order valence-corrected chi connectivity index (χ0v) is 46.4. The zero-order valence-electron chi connectivity index (χ0n) is 46.4. The van der Waals surface area contributed by atoms with Crippen molar-refractivity contribution in [3.05, 3.63) is 109 Å². The number of amides is 1. The van der Waals surface area contributed by atoms with Crippen LogP contribution in [0.15, 0.2) is 109 Å². The standard InChI is InChI=1S/C62H103NO13/c1-3-5-7-9-11-13-15-17-19-21-23-24-25-26-28-30-32-34-36-38-40-42-44-46-54(67)63-50(51(66)45-43-41-39-37-35-33-31-29-27-22-20-18-16-14-12-10-8-6-4-2)49-73-61-59(72)57(70)60(53(48-65)75-61)76-62-58(71)56(69)55(68)52(47-64)74-62/h5,7,11,13,17,19,23-24,26-29,32,34-35,37,43,45,50-53,55-62,64-66,68-72H,3-4,6,8-10,12,14-16,18,20-22,25,30-31,33,36,38-42,44,46-49H2,1-2H3,(H,63,67)/b7-5-,13-11-,19-17-,24-23-,28-26-,29-27+,34-32-,37-35+,45-43+. The van der Waals surface area contributed by atoms with Crippen molar-refractivity contribution in [3.63, 3.8) is 0 Å². The van der Waals surface area contributed by atoms with Gasteiger partial charge in [0, 0.05) is 6.42 Å². The summed E-state index contributed by atoms with van der Waals surface area (Å²) in [5, 5.41) is 87.0. The summed E-state index contributed by atoms with van der Waals surface area (Å²) in [5.41, 5.74) is 0. The van der Waals surface area contributed by atoms with Gasteiger partial charge in [0.05, 0.1) is 32.0 Å². The molecule has 0 aliphatic carbocycles. The van der Waals surface area contributed by atoms with Gasteiger partial charge in [0.25, 0.3) is 0 Å². The molecular weight excluding hydrogens is 967 g/mol. The molecule has 1 amide bonds. The highest BCUT2D eigenvalue weighted by molar-refractivity contribution is 5.76. The highest BCUT2D eigenvalue weighted by Gasteiger charge is 2.51. The van der Waals surface area contributed by atoms with E-state index in [1.165, 1.54) is 57.8 Å². The molecule has 0 aromatic rings. The Morgan fingerprint density at radius 1 is 0.487 bits per heavy atom. The smallest absolute Gasteiger partial charge is 0.220 e. The van der Waals surface area contributed by atoms with Crippen LogP contribution in [0.1, 0.15) is 181 Å². The Balaban J connectivity index is 1.83. The molecule has 0 spiro atoms. The predicted molar refractivity (Wildman–Crippen MR) is 304 cm³/mol. The zero-order chi connectivity index (χ0) is 55.3. The third-order valence-corrected chi connectivity index (χ3v) is 13.4. The van der Waals surface area contributed by atoms with E-state index in [1.54, 1.807) is 6.08 Å². The number of ether oxygens (including phenoxy) is 4. The number of allylic oxidation sites excluding steroid dienone is 17. The van der Waals surface area contributed by atoms with Crippen LogP contribution in [0.5, 0.6) is 0 Å². The Morgan fingerprint density at radius 2 is 0.921 bits per heavy atom. The van der Waals surface area contributed by atoms with E-state index in [4.69, 9.17) is 18.9 Å². The molecular formula is C62H103NO13. The molecule has 0 aromatic carbocycles. The SMILES string of the molecule is CC/C=C\C/C=C\C/C=C\C/C=C\C/C=C\C/C=C\CCCCCCC(=O)NC(COC1OC(CO)C(OC2OC(CO)C(O)C(O)C2O)C(O)C1O)C(O)/C=C/CC/C=C/CC/C=C/CCCCCCCCCCC. The average molecular weight is 1070 g/mol. The molecule has 2 aliphatic rings. The summed E-state index contributed by atoms with van der Waals surface area (Å²) in [6.07, 6.45) is 48.3. The summed E-state index contributed by atoms with van der Waals surface area (Å²) in [6.45, 7) is 2.62. The van der Waals surface area contributed by atoms with Gasteiger partial charge in [0.1, 0.15) is 48.8 Å². The van der Waals surface area contributed by atoms with Crippen LogP contribution in [0.25, 0.3) is 0 Å². The van der Waals surface area contributed by atoms with E-state index in [1.807, 2.05) is 6.08 Å². The van der Waals surface area contributed by atoms with Gasteiger partial charge < -0.3 is 65.1 Å². The lowest BCUT2D eigenvalue weighted by molar-refractivity contribution is -0.359. The molecule has 0 aromatic heterocycles. The molecule has 0 radical (unpaired) electrons. The summed E-state index contributed by atoms with van der Waals surface area (Å²) in [5.74, 6) is -0.283. The number of carbonyl (C=O) groups excluding carboxylic acids is 1. The predicted octanol–water partition coefficient (Wildman–Crippen LogP) is 9.66. The highest BCUT2D eigenvalue weighted by Crippen LogP contribution is 2.30. The summed E-state index contributed by atoms with van der Waals surface area (Å²) >= 11 is 0. The van der Waals surface area contributed by atoms with Gasteiger partial charge in [-0.1, -0.05) is 187 Å². The number of hydrogen-bond donors (Lipinski definition) is 9. The Labute approximate surface area is 457 Å². The molecule has 76 heavy (non-hydrogen) atoms. The van der Waals surface area contributed by atoms with Gasteiger partial charge in [0.2, 0.25) is 5.91 Å². The van der Waals surface area contributed by atoms with Gasteiger partial charge in [-0.05, 0) is 96.3 Å². The van der Waals surface area contributed by atoms with Crippen molar-refractivity contribution in [3.8, 4) is 0 Å². The van der Waals surface area contributed by atoms with Crippen molar-refractivity contribution in [2.45, 2.75) is 254 Å². The summed E-state index contributed by atoms with van der Waals surface area (Å²) in [4.78, 5) is 13.2. The third-order valence-electron chi connectivity index (χ3n) is 13.4. The van der Waals surface area contributed by atoms with E-state index in [-0.39, 0.29) is 18.9 Å². The van der Waals surface area contributed by atoms with Gasteiger partial charge in [-0.15, -0.1) is 0 Å². The lowest BCUT2D eigenvalue weighted by Crippen LogP contribution is -2.65. The molecule has 14 heteroatoms. The first kappa shape index (κ1) is 68.8. The molecule has 12 atom stereocenters. The van der Waals surface area contributed by atoms with Crippen LogP contribution in [0.2, 0.25) is 0 Å². The minimum Gasteiger partial charge on any atom is -0.394 e. The fraction of sp³-hybridized carbons (Fsp3) is 0.694. The minimum absolute atomic E-state index is 0.233. The van der Waals surface area contributed by atoms with E-state index in [0.29, 0.717) is 12.8 Å². The van der Waals surface area contributed by atoms with E-state index in [9.17, 15) is 45.6 Å². The topological polar surface area (TPSA) is 228 Å². The number of hydrogen-bond acceptors (Lipinski definition) is 13. The maximum Gasteiger partial charge on any atom is 0.220 e. The average Bonchev–Trinajstić information content (AvgIpc) is 3.42. The molecule has 2 saturated heterocycles. The van der Waals surface area contributed by atoms with E-state index in [0.717, 1.165) is 89.9 Å². The van der Waals surface area contributed by atoms with Crippen molar-refractivity contribution in [1.82, 2.24) is 5.32 Å². The molecule has 12 unspecified atom stereocenters. The Bertz CT molecular complexity index is 1690. The van der Waals surface area contributed by atoms with Crippen molar-refractivity contribution >= 4 is 5.91 Å². The summed E-state index contributed by atoms with van der Waals surface area (Å²) in [7, 11) is 0. The van der Waals surface area contributed by atoms with Crippen molar-refractivity contribution < 1.29 is 64.6 Å². The second kappa shape index (κ2) is 46.6. The van der Waals surface area contributed by atoms with E-state index >= 15 is 0 Å². The molecule has 0 bridgehead atoms. The molecule has 9 N–H and O–H groups in total. The van der Waals surface area contributed by atoms with E-state index < -0.39 is 86.8 Å². The second-order valence-corrected chi connectivity index (χ2v) is 20.0. The first-order chi connectivity index (χ1) is 37.1. The third kappa shape index (κ3) is 31.9. The molecule has 2 heterocycles. The molecule has 2 rings (SSSR count). The lowest BCUT2D eigenvalue weighted by atomic mass is 9.97. The molecule has 2 fully saturated rings. The quantitative estimate of drug-likeness (QED) is 0.0205. The van der Waals surface area contributed by atoms with Crippen LogP contribution in [-0.2, 0) is 23.7 Å². The second-order valence-electron chi connectivity index (χ2n) is 20.0. The minimum atomic E-state index is -1.80. The number of aliphatic hydroxyl groups excluding tert-OH is 8. The highest BCUT2D eigenvalue weighted by atomic mass is 16.7. The summed E-state index contributed by atoms with van der Waals surface area (Å²) in [6, 6.07) is -0.960. The first-order valence-corrected chi connectivity index (χ1v) is 29.1. The number of unbranched alkanes of at least 4 members (excludes halogenated alkanes) is 15. The van der Waals surface area contributed by atoms with Gasteiger partial charge in [-0.2, -0.15) is 0 Å². The van der Waals surface area contributed by atoms with Crippen LogP contribution in [0, 0.1) is 0 Å². The fourth-order valence-corrected chi connectivity index (χ4v) is 8.74. The molecule has 0 saturated carbocycles. The molecule has 434 valence electrons.